The lowest BCUT2D eigenvalue weighted by molar-refractivity contribution is -0.319. The van der Waals surface area contributed by atoms with Crippen LogP contribution in [0.2, 0.25) is 0 Å². The Kier molecular flexibility index (Phi) is 15.7. The van der Waals surface area contributed by atoms with Crippen molar-refractivity contribution in [2.75, 3.05) is 28.3 Å². The number of nitrogens with zero attached hydrogens (tertiary/aromatic N) is 2. The summed E-state index contributed by atoms with van der Waals surface area (Å²) < 4.78 is 44.1. The maximum absolute atomic E-state index is 14.2. The van der Waals surface area contributed by atoms with Crippen molar-refractivity contribution in [1.82, 2.24) is 4.90 Å². The lowest BCUT2D eigenvalue weighted by Gasteiger charge is -2.50. The van der Waals surface area contributed by atoms with Crippen LogP contribution in [0.3, 0.4) is 0 Å². The molecule has 0 spiro atoms. The number of hydrogen-bond donors (Lipinski definition) is 5. The van der Waals surface area contributed by atoms with E-state index in [0.717, 1.165) is 0 Å². The largest absolute Gasteiger partial charge is 0.459 e. The van der Waals surface area contributed by atoms with Crippen molar-refractivity contribution < 1.29 is 63.6 Å². The topological polar surface area (TPSA) is 198 Å². The van der Waals surface area contributed by atoms with Crippen LogP contribution in [0.15, 0.2) is 5.16 Å². The highest BCUT2D eigenvalue weighted by Crippen LogP contribution is 2.42. The van der Waals surface area contributed by atoms with Gasteiger partial charge in [0.05, 0.1) is 53.4 Å². The van der Waals surface area contributed by atoms with Gasteiger partial charge < -0.3 is 63.7 Å². The molecule has 0 aliphatic carbocycles. The predicted octanol–water partition coefficient (Wildman–Crippen LogP) is 2.70. The molecule has 3 heterocycles. The number of methoxy groups -OCH3 is 2. The maximum atomic E-state index is 14.2. The zero-order chi connectivity index (χ0) is 40.4. The molecule has 3 saturated heterocycles. The van der Waals surface area contributed by atoms with Crippen LogP contribution in [0, 0.1) is 23.7 Å². The number of hydrogen-bond acceptors (Lipinski definition) is 15. The van der Waals surface area contributed by atoms with Gasteiger partial charge in [0.15, 0.2) is 12.6 Å². The Balaban J connectivity index is 2.25. The molecule has 0 amide bonds. The van der Waals surface area contributed by atoms with Crippen molar-refractivity contribution in [3.05, 3.63) is 0 Å². The molecule has 0 aromatic heterocycles. The summed E-state index contributed by atoms with van der Waals surface area (Å²) in [6.07, 6.45) is -8.53. The number of likely N-dealkylation sites (N-methyl/N-ethyl adjacent to an activating group) is 1. The molecule has 53 heavy (non-hydrogen) atoms. The summed E-state index contributed by atoms with van der Waals surface area (Å²) in [6.45, 7) is 17.3. The number of oxime groups is 1. The Bertz CT molecular complexity index is 1220. The van der Waals surface area contributed by atoms with E-state index >= 15 is 0 Å². The van der Waals surface area contributed by atoms with Gasteiger partial charge in [0, 0.05) is 44.4 Å². The van der Waals surface area contributed by atoms with Crippen LogP contribution in [-0.4, -0.2) is 155 Å². The molecule has 3 aliphatic rings. The number of carbonyl (C=O) groups excluding carboxylic acids is 1. The van der Waals surface area contributed by atoms with E-state index in [4.69, 9.17) is 33.2 Å². The molecule has 0 bridgehead atoms. The predicted molar refractivity (Wildman–Crippen MR) is 195 cm³/mol. The minimum atomic E-state index is -1.94. The molecule has 3 rings (SSSR count). The van der Waals surface area contributed by atoms with Crippen LogP contribution in [-0.2, 0) is 38.0 Å². The quantitative estimate of drug-likeness (QED) is 0.137. The Morgan fingerprint density at radius 1 is 0.887 bits per heavy atom. The Morgan fingerprint density at radius 3 is 2.02 bits per heavy atom. The average Bonchev–Trinajstić information content (AvgIpc) is 3.10. The molecule has 0 aromatic rings. The third-order valence-electron chi connectivity index (χ3n) is 12.4. The summed E-state index contributed by atoms with van der Waals surface area (Å²) in [7, 11) is 6.80. The van der Waals surface area contributed by atoms with Crippen molar-refractivity contribution in [3.8, 4) is 0 Å². The second-order valence-corrected chi connectivity index (χ2v) is 16.8. The third kappa shape index (κ3) is 9.73. The van der Waals surface area contributed by atoms with Crippen LogP contribution < -0.4 is 0 Å². The summed E-state index contributed by atoms with van der Waals surface area (Å²) in [4.78, 5) is 16.2. The van der Waals surface area contributed by atoms with Gasteiger partial charge in [-0.15, -0.1) is 0 Å². The van der Waals surface area contributed by atoms with Gasteiger partial charge in [0.2, 0.25) is 0 Å². The summed E-state index contributed by atoms with van der Waals surface area (Å²) in [5.41, 5.74) is -3.99. The average molecular weight is 763 g/mol. The molecule has 310 valence electrons. The van der Waals surface area contributed by atoms with Crippen molar-refractivity contribution in [2.45, 2.75) is 179 Å². The van der Waals surface area contributed by atoms with Crippen molar-refractivity contribution in [1.29, 1.82) is 0 Å². The molecule has 5 N–H and O–H groups in total. The van der Waals surface area contributed by atoms with Crippen LogP contribution in [0.1, 0.15) is 94.9 Å². The fraction of sp³-hybridized carbons (Fsp3) is 0.947. The van der Waals surface area contributed by atoms with E-state index in [9.17, 15) is 30.4 Å². The maximum Gasteiger partial charge on any atom is 0.311 e. The van der Waals surface area contributed by atoms with Gasteiger partial charge in [-0.25, -0.2) is 0 Å². The molecular formula is C38H70N2O13. The van der Waals surface area contributed by atoms with Crippen LogP contribution in [0.5, 0.6) is 0 Å². The van der Waals surface area contributed by atoms with Gasteiger partial charge in [0.25, 0.3) is 0 Å². The summed E-state index contributed by atoms with van der Waals surface area (Å²) >= 11 is 0. The van der Waals surface area contributed by atoms with E-state index in [1.54, 1.807) is 34.6 Å². The van der Waals surface area contributed by atoms with Crippen LogP contribution in [0.4, 0.5) is 0 Å². The monoisotopic (exact) mass is 762 g/mol. The first kappa shape index (κ1) is 45.9. The second-order valence-electron chi connectivity index (χ2n) is 16.8. The first-order valence-electron chi connectivity index (χ1n) is 19.1. The SMILES string of the molecule is CC[C@H]1OC(=O)C(C)C(OC2CC(C)(OC)C(O)C(C)O2)C(C)C(OC2OC(C)CC(N(C)C)C2O)C(C)(OC)CC(C)/C(=N\O)C(C)C(O)C1(C)O. The van der Waals surface area contributed by atoms with Crippen molar-refractivity contribution >= 4 is 11.7 Å². The van der Waals surface area contributed by atoms with Crippen molar-refractivity contribution in [3.63, 3.8) is 0 Å². The molecule has 18 atom stereocenters. The molecule has 3 fully saturated rings. The van der Waals surface area contributed by atoms with Crippen LogP contribution >= 0.6 is 0 Å². The minimum absolute atomic E-state index is 0.128. The fourth-order valence-electron chi connectivity index (χ4n) is 8.78. The van der Waals surface area contributed by atoms with Gasteiger partial charge in [-0.3, -0.25) is 4.79 Å². The van der Waals surface area contributed by atoms with Gasteiger partial charge in [0.1, 0.15) is 23.9 Å². The first-order chi connectivity index (χ1) is 24.5. The normalized spacial score (nSPS) is 49.1. The van der Waals surface area contributed by atoms with Gasteiger partial charge in [-0.05, 0) is 74.9 Å². The Labute approximate surface area is 316 Å². The highest BCUT2D eigenvalue weighted by molar-refractivity contribution is 5.88. The van der Waals surface area contributed by atoms with E-state index in [1.807, 2.05) is 46.7 Å². The van der Waals surface area contributed by atoms with Gasteiger partial charge in [-0.2, -0.15) is 0 Å². The zero-order valence-corrected chi connectivity index (χ0v) is 34.4. The number of aliphatic hydroxyl groups excluding tert-OH is 3. The van der Waals surface area contributed by atoms with Crippen molar-refractivity contribution in [2.24, 2.45) is 28.8 Å². The molecule has 0 saturated carbocycles. The number of cyclic esters (lactones) is 1. The van der Waals surface area contributed by atoms with E-state index in [2.05, 4.69) is 5.16 Å². The molecule has 0 radical (unpaired) electrons. The van der Waals surface area contributed by atoms with Crippen LogP contribution in [0.25, 0.3) is 0 Å². The number of aliphatic hydroxyl groups is 4. The summed E-state index contributed by atoms with van der Waals surface area (Å²) in [6, 6.07) is -0.282. The van der Waals surface area contributed by atoms with Gasteiger partial charge >= 0.3 is 5.97 Å². The number of ether oxygens (including phenoxy) is 7. The Hall–Kier alpha value is -1.50. The summed E-state index contributed by atoms with van der Waals surface area (Å²) in [5.74, 6) is -3.82. The third-order valence-corrected chi connectivity index (χ3v) is 12.4. The second kappa shape index (κ2) is 18.2. The van der Waals surface area contributed by atoms with E-state index in [-0.39, 0.29) is 37.1 Å². The van der Waals surface area contributed by atoms with E-state index in [1.165, 1.54) is 21.1 Å². The highest BCUT2D eigenvalue weighted by atomic mass is 16.7. The number of esters is 1. The highest BCUT2D eigenvalue weighted by Gasteiger charge is 2.54. The van der Waals surface area contributed by atoms with E-state index in [0.29, 0.717) is 6.42 Å². The molecule has 3 aliphatic heterocycles. The number of carbonyl (C=O) groups is 1. The summed E-state index contributed by atoms with van der Waals surface area (Å²) in [5, 5.41) is 59.8. The molecule has 15 nitrogen and oxygen atoms in total. The minimum Gasteiger partial charge on any atom is -0.459 e. The fourth-order valence-corrected chi connectivity index (χ4v) is 8.78. The molecule has 15 heteroatoms. The Morgan fingerprint density at radius 2 is 1.49 bits per heavy atom. The lowest BCUT2D eigenvalue weighted by atomic mass is 9.73. The zero-order valence-electron chi connectivity index (χ0n) is 34.4. The smallest absolute Gasteiger partial charge is 0.311 e. The first-order valence-corrected chi connectivity index (χ1v) is 19.1. The lowest BCUT2D eigenvalue weighted by Crippen LogP contribution is -2.61. The van der Waals surface area contributed by atoms with Gasteiger partial charge in [-0.1, -0.05) is 32.9 Å². The molecule has 0 aromatic carbocycles. The van der Waals surface area contributed by atoms with E-state index < -0.39 is 102 Å². The number of rotatable bonds is 8. The standard InChI is InChI=1S/C38H70N2O13/c1-15-26-38(10,45)31(42)21(4)28(39-46)19(2)17-37(9,48-14)33(53-35-29(41)25(40(11)12)16-20(3)49-35)22(5)30(23(6)34(44)51-26)52-27-18-36(8,47-13)32(43)24(7)50-27/h19-27,29-33,35,41-43,45-46H,15-18H2,1-14H3/b39-28+/t19?,20?,21?,22?,23?,24?,25?,26-,27?,29?,30?,31?,32?,33?,35?,36?,37?,38?/m1/s1. The molecular weight excluding hydrogens is 692 g/mol. The molecule has 17 unspecified atom stereocenters.